The highest BCUT2D eigenvalue weighted by molar-refractivity contribution is 7.93. The Morgan fingerprint density at radius 1 is 1.12 bits per heavy atom. The molecule has 3 heterocycles. The van der Waals surface area contributed by atoms with Gasteiger partial charge in [-0.2, -0.15) is 0 Å². The van der Waals surface area contributed by atoms with Crippen molar-refractivity contribution >= 4 is 49.7 Å². The number of anilines is 3. The third-order valence-corrected chi connectivity index (χ3v) is 7.41. The smallest absolute Gasteiger partial charge is 0.263 e. The molecule has 1 aromatic heterocycles. The highest BCUT2D eigenvalue weighted by Crippen LogP contribution is 2.34. The second-order valence-corrected chi connectivity index (χ2v) is 9.87. The fraction of sp³-hybridized carbons (Fsp3) is 0.190. The lowest BCUT2D eigenvalue weighted by atomic mass is 10.1. The van der Waals surface area contributed by atoms with Crippen molar-refractivity contribution in [1.29, 1.82) is 0 Å². The first-order chi connectivity index (χ1) is 15.4. The van der Waals surface area contributed by atoms with Gasteiger partial charge in [-0.25, -0.2) is 13.4 Å². The zero-order chi connectivity index (χ0) is 22.3. The summed E-state index contributed by atoms with van der Waals surface area (Å²) in [6.07, 6.45) is 1.31. The van der Waals surface area contributed by atoms with Gasteiger partial charge in [-0.3, -0.25) is 14.3 Å². The zero-order valence-electron chi connectivity index (χ0n) is 16.7. The van der Waals surface area contributed by atoms with Gasteiger partial charge < -0.3 is 15.0 Å². The molecule has 1 fully saturated rings. The lowest BCUT2D eigenvalue weighted by Gasteiger charge is -2.18. The summed E-state index contributed by atoms with van der Waals surface area (Å²) in [5.74, 6) is 0.382. The van der Waals surface area contributed by atoms with E-state index in [0.717, 1.165) is 23.3 Å². The topological polar surface area (TPSA) is 118 Å². The van der Waals surface area contributed by atoms with E-state index in [0.29, 0.717) is 35.8 Å². The van der Waals surface area contributed by atoms with Crippen LogP contribution in [0.15, 0.2) is 52.7 Å². The van der Waals surface area contributed by atoms with Crippen molar-refractivity contribution in [2.24, 2.45) is 0 Å². The summed E-state index contributed by atoms with van der Waals surface area (Å²) in [4.78, 5) is 29.5. The molecule has 2 N–H and O–H groups in total. The molecule has 0 bridgehead atoms. The van der Waals surface area contributed by atoms with Crippen molar-refractivity contribution in [2.75, 3.05) is 28.1 Å². The van der Waals surface area contributed by atoms with Crippen LogP contribution in [0.3, 0.4) is 0 Å². The van der Waals surface area contributed by atoms with E-state index in [2.05, 4.69) is 15.0 Å². The van der Waals surface area contributed by atoms with Crippen LogP contribution in [0.2, 0.25) is 0 Å². The Bertz CT molecular complexity index is 1320. The van der Waals surface area contributed by atoms with Crippen LogP contribution in [0.5, 0.6) is 5.75 Å². The maximum atomic E-state index is 12.8. The molecule has 0 radical (unpaired) electrons. The summed E-state index contributed by atoms with van der Waals surface area (Å²) in [6, 6.07) is 11.5. The number of nitrogens with one attached hydrogen (secondary N) is 2. The standard InChI is InChI=1S/C21H18N4O5S2/c26-19-11-30-18-8-3-13(10-16(18)22-19)17-12-31-21(23-17)24-32(28,29)15-6-4-14(5-7-15)25-9-1-2-20(25)27/h3-8,10,12H,1-2,9,11H2,(H,22,26)(H,23,24). The molecule has 2 amide bonds. The van der Waals surface area contributed by atoms with Gasteiger partial charge in [-0.15, -0.1) is 11.3 Å². The molecule has 0 saturated carbocycles. The molecule has 9 nitrogen and oxygen atoms in total. The fourth-order valence-corrected chi connectivity index (χ4v) is 5.57. The van der Waals surface area contributed by atoms with Crippen molar-refractivity contribution in [3.05, 3.63) is 47.8 Å². The number of amides is 2. The second-order valence-electron chi connectivity index (χ2n) is 7.33. The molecular formula is C21H18N4O5S2. The van der Waals surface area contributed by atoms with Crippen LogP contribution in [-0.4, -0.2) is 38.4 Å². The third kappa shape index (κ3) is 3.92. The number of rotatable bonds is 5. The highest BCUT2D eigenvalue weighted by atomic mass is 32.2. The Morgan fingerprint density at radius 2 is 1.94 bits per heavy atom. The van der Waals surface area contributed by atoms with Gasteiger partial charge in [0.05, 0.1) is 16.3 Å². The zero-order valence-corrected chi connectivity index (χ0v) is 18.3. The summed E-state index contributed by atoms with van der Waals surface area (Å²) in [7, 11) is -3.84. The highest BCUT2D eigenvalue weighted by Gasteiger charge is 2.23. The van der Waals surface area contributed by atoms with E-state index >= 15 is 0 Å². The van der Waals surface area contributed by atoms with E-state index in [1.807, 2.05) is 0 Å². The Balaban J connectivity index is 1.33. The third-order valence-electron chi connectivity index (χ3n) is 5.17. The number of sulfonamides is 1. The van der Waals surface area contributed by atoms with Crippen molar-refractivity contribution in [1.82, 2.24) is 4.98 Å². The second kappa shape index (κ2) is 7.92. The number of carbonyl (C=O) groups excluding carboxylic acids is 2. The number of ether oxygens (including phenoxy) is 1. The van der Waals surface area contributed by atoms with E-state index < -0.39 is 10.0 Å². The van der Waals surface area contributed by atoms with E-state index in [9.17, 15) is 18.0 Å². The minimum atomic E-state index is -3.84. The van der Waals surface area contributed by atoms with Gasteiger partial charge in [-0.05, 0) is 48.9 Å². The predicted octanol–water partition coefficient (Wildman–Crippen LogP) is 3.07. The first-order valence-electron chi connectivity index (χ1n) is 9.85. The molecule has 0 aliphatic carbocycles. The minimum absolute atomic E-state index is 0.0235. The first-order valence-corrected chi connectivity index (χ1v) is 12.2. The summed E-state index contributed by atoms with van der Waals surface area (Å²) < 4.78 is 33.4. The number of hydrogen-bond donors (Lipinski definition) is 2. The lowest BCUT2D eigenvalue weighted by molar-refractivity contribution is -0.119. The van der Waals surface area contributed by atoms with Crippen LogP contribution >= 0.6 is 11.3 Å². The molecule has 2 aliphatic heterocycles. The van der Waals surface area contributed by atoms with E-state index in [4.69, 9.17) is 4.74 Å². The van der Waals surface area contributed by atoms with Crippen LogP contribution in [-0.2, 0) is 19.6 Å². The quantitative estimate of drug-likeness (QED) is 0.592. The van der Waals surface area contributed by atoms with E-state index in [-0.39, 0.29) is 28.4 Å². The van der Waals surface area contributed by atoms with Crippen LogP contribution in [0.1, 0.15) is 12.8 Å². The van der Waals surface area contributed by atoms with Crippen LogP contribution in [0.25, 0.3) is 11.3 Å². The summed E-state index contributed by atoms with van der Waals surface area (Å²) >= 11 is 1.15. The van der Waals surface area contributed by atoms with Gasteiger partial charge >= 0.3 is 0 Å². The number of thiazole rings is 1. The summed E-state index contributed by atoms with van der Waals surface area (Å²) in [5, 5.41) is 4.69. The monoisotopic (exact) mass is 470 g/mol. The Kier molecular flexibility index (Phi) is 5.06. The molecule has 2 aromatic carbocycles. The lowest BCUT2D eigenvalue weighted by Crippen LogP contribution is -2.25. The first kappa shape index (κ1) is 20.5. The van der Waals surface area contributed by atoms with Gasteiger partial charge in [0.1, 0.15) is 5.75 Å². The fourth-order valence-electron chi connectivity index (χ4n) is 3.60. The van der Waals surface area contributed by atoms with Gasteiger partial charge in [0, 0.05) is 29.6 Å². The average molecular weight is 471 g/mol. The van der Waals surface area contributed by atoms with Gasteiger partial charge in [-0.1, -0.05) is 0 Å². The van der Waals surface area contributed by atoms with E-state index in [1.54, 1.807) is 40.6 Å². The number of carbonyl (C=O) groups is 2. The van der Waals surface area contributed by atoms with Crippen LogP contribution < -0.4 is 19.7 Å². The maximum Gasteiger partial charge on any atom is 0.263 e. The number of aromatic nitrogens is 1. The van der Waals surface area contributed by atoms with Crippen LogP contribution in [0.4, 0.5) is 16.5 Å². The predicted molar refractivity (Wildman–Crippen MR) is 121 cm³/mol. The number of hydrogen-bond acceptors (Lipinski definition) is 7. The Labute approximate surface area is 188 Å². The van der Waals surface area contributed by atoms with Gasteiger partial charge in [0.25, 0.3) is 15.9 Å². The summed E-state index contributed by atoms with van der Waals surface area (Å²) in [5.41, 5.74) is 2.52. The molecular weight excluding hydrogens is 452 g/mol. The molecule has 0 unspecified atom stereocenters. The van der Waals surface area contributed by atoms with Crippen molar-refractivity contribution in [3.63, 3.8) is 0 Å². The molecule has 0 spiro atoms. The van der Waals surface area contributed by atoms with Gasteiger partial charge in [0.2, 0.25) is 5.91 Å². The average Bonchev–Trinajstić information content (AvgIpc) is 3.42. The SMILES string of the molecule is O=C1COc2ccc(-c3csc(NS(=O)(=O)c4ccc(N5CCCC5=O)cc4)n3)cc2N1. The largest absolute Gasteiger partial charge is 0.482 e. The Hall–Kier alpha value is -3.44. The normalized spacial score (nSPS) is 15.8. The number of benzene rings is 2. The van der Waals surface area contributed by atoms with Crippen LogP contribution in [0, 0.1) is 0 Å². The molecule has 5 rings (SSSR count). The van der Waals surface area contributed by atoms with Gasteiger partial charge in [0.15, 0.2) is 11.7 Å². The molecule has 3 aromatic rings. The van der Waals surface area contributed by atoms with Crippen molar-refractivity contribution in [3.8, 4) is 17.0 Å². The molecule has 0 atom stereocenters. The molecule has 32 heavy (non-hydrogen) atoms. The Morgan fingerprint density at radius 3 is 2.69 bits per heavy atom. The number of nitrogens with zero attached hydrogens (tertiary/aromatic N) is 2. The number of fused-ring (bicyclic) bond motifs is 1. The van der Waals surface area contributed by atoms with Crippen molar-refractivity contribution < 1.29 is 22.7 Å². The molecule has 2 aliphatic rings. The van der Waals surface area contributed by atoms with E-state index in [1.165, 1.54) is 12.1 Å². The minimum Gasteiger partial charge on any atom is -0.482 e. The molecule has 11 heteroatoms. The summed E-state index contributed by atoms with van der Waals surface area (Å²) in [6.45, 7) is 0.619. The molecule has 164 valence electrons. The van der Waals surface area contributed by atoms with Crippen molar-refractivity contribution in [2.45, 2.75) is 17.7 Å². The maximum absolute atomic E-state index is 12.8. The molecule has 1 saturated heterocycles.